The number of anilines is 1. The Morgan fingerprint density at radius 3 is 2.62 bits per heavy atom. The van der Waals surface area contributed by atoms with Gasteiger partial charge in [-0.2, -0.15) is 13.2 Å². The summed E-state index contributed by atoms with van der Waals surface area (Å²) in [7, 11) is 0. The molecule has 2 aromatic heterocycles. The predicted molar refractivity (Wildman–Crippen MR) is 129 cm³/mol. The Bertz CT molecular complexity index is 1200. The molecule has 1 unspecified atom stereocenters. The van der Waals surface area contributed by atoms with Crippen molar-refractivity contribution in [1.82, 2.24) is 19.8 Å². The number of amides is 3. The molecule has 37 heavy (non-hydrogen) atoms. The molecule has 3 fully saturated rings. The molecular formula is C25H29F3N6O3. The van der Waals surface area contributed by atoms with Crippen LogP contribution in [-0.4, -0.2) is 82.2 Å². The second kappa shape index (κ2) is 9.38. The maximum atomic E-state index is 14.2. The number of carbonyl (C=O) groups excluding carboxylic acids is 2. The standard InChI is InChI=1S/C25H29F3N6O3/c1-2-37-22-17(6-5-11-30-22)18-7-8-19(20(31-18)21(29)35)32-12-13-33-16(14-32)15-34(23(33)36)24(25(26,27)28)9-3-4-10-24/h5-8,11,16H,2-4,9-10,12-15H2,1H3,(H2,29,35). The quantitative estimate of drug-likeness (QED) is 0.628. The summed E-state index contributed by atoms with van der Waals surface area (Å²) in [6.45, 7) is 3.08. The highest BCUT2D eigenvalue weighted by Gasteiger charge is 2.63. The van der Waals surface area contributed by atoms with Gasteiger partial charge in [0.25, 0.3) is 5.91 Å². The summed E-state index contributed by atoms with van der Waals surface area (Å²) in [6.07, 6.45) is -2.13. The molecule has 3 amide bonds. The van der Waals surface area contributed by atoms with E-state index in [9.17, 15) is 22.8 Å². The van der Waals surface area contributed by atoms with Crippen LogP contribution in [0.3, 0.4) is 0 Å². The van der Waals surface area contributed by atoms with Crippen molar-refractivity contribution in [2.24, 2.45) is 5.73 Å². The minimum atomic E-state index is -4.49. The molecule has 2 N–H and O–H groups in total. The number of halogens is 3. The van der Waals surface area contributed by atoms with Gasteiger partial charge in [-0.15, -0.1) is 0 Å². The third kappa shape index (κ3) is 4.21. The lowest BCUT2D eigenvalue weighted by atomic mass is 9.94. The molecule has 1 aliphatic carbocycles. The Balaban J connectivity index is 1.42. The van der Waals surface area contributed by atoms with Gasteiger partial charge in [0.05, 0.1) is 29.6 Å². The van der Waals surface area contributed by atoms with Crippen LogP contribution in [0.4, 0.5) is 23.7 Å². The Kier molecular flexibility index (Phi) is 6.36. The van der Waals surface area contributed by atoms with Gasteiger partial charge in [-0.1, -0.05) is 12.8 Å². The monoisotopic (exact) mass is 518 g/mol. The van der Waals surface area contributed by atoms with E-state index < -0.39 is 29.7 Å². The first-order chi connectivity index (χ1) is 17.7. The second-order valence-corrected chi connectivity index (χ2v) is 9.64. The van der Waals surface area contributed by atoms with Crippen LogP contribution in [0.15, 0.2) is 30.5 Å². The van der Waals surface area contributed by atoms with E-state index in [-0.39, 0.29) is 38.2 Å². The fraction of sp³-hybridized carbons (Fsp3) is 0.520. The molecule has 2 saturated heterocycles. The van der Waals surface area contributed by atoms with Crippen LogP contribution in [0.25, 0.3) is 11.3 Å². The van der Waals surface area contributed by atoms with Crippen molar-refractivity contribution in [3.8, 4) is 17.1 Å². The molecule has 198 valence electrons. The molecule has 0 aromatic carbocycles. The van der Waals surface area contributed by atoms with Crippen molar-refractivity contribution in [3.63, 3.8) is 0 Å². The average Bonchev–Trinajstić information content (AvgIpc) is 3.50. The summed E-state index contributed by atoms with van der Waals surface area (Å²) in [6, 6.07) is 5.97. The van der Waals surface area contributed by atoms with Crippen LogP contribution in [0.2, 0.25) is 0 Å². The number of ether oxygens (including phenoxy) is 1. The third-order valence-corrected chi connectivity index (χ3v) is 7.60. The van der Waals surface area contributed by atoms with E-state index in [0.29, 0.717) is 48.8 Å². The highest BCUT2D eigenvalue weighted by Crippen LogP contribution is 2.49. The molecule has 3 aliphatic rings. The SMILES string of the molecule is CCOc1ncccc1-c1ccc(N2CCN3C(=O)N(C4(C(F)(F)F)CCCC4)CC3C2)c(C(N)=O)n1. The molecule has 2 aliphatic heterocycles. The highest BCUT2D eigenvalue weighted by molar-refractivity contribution is 5.97. The van der Waals surface area contributed by atoms with Crippen LogP contribution in [0.1, 0.15) is 43.1 Å². The van der Waals surface area contributed by atoms with Crippen molar-refractivity contribution in [2.45, 2.75) is 50.4 Å². The van der Waals surface area contributed by atoms with Crippen molar-refractivity contribution < 1.29 is 27.5 Å². The Morgan fingerprint density at radius 2 is 1.95 bits per heavy atom. The van der Waals surface area contributed by atoms with E-state index >= 15 is 0 Å². The third-order valence-electron chi connectivity index (χ3n) is 7.60. The summed E-state index contributed by atoms with van der Waals surface area (Å²) in [5.41, 5.74) is 5.18. The molecule has 4 heterocycles. The largest absolute Gasteiger partial charge is 0.477 e. The van der Waals surface area contributed by atoms with E-state index in [1.807, 2.05) is 11.8 Å². The van der Waals surface area contributed by atoms with E-state index in [2.05, 4.69) is 9.97 Å². The molecule has 5 rings (SSSR count). The van der Waals surface area contributed by atoms with Gasteiger partial charge >= 0.3 is 12.2 Å². The van der Waals surface area contributed by atoms with Gasteiger partial charge in [0.2, 0.25) is 5.88 Å². The van der Waals surface area contributed by atoms with E-state index in [4.69, 9.17) is 10.5 Å². The zero-order valence-corrected chi connectivity index (χ0v) is 20.5. The number of urea groups is 1. The summed E-state index contributed by atoms with van der Waals surface area (Å²) in [4.78, 5) is 38.7. The number of nitrogens with two attached hydrogens (primary N) is 1. The molecule has 12 heteroatoms. The van der Waals surface area contributed by atoms with Crippen molar-refractivity contribution in [1.29, 1.82) is 0 Å². The number of alkyl halides is 3. The topological polar surface area (TPSA) is 105 Å². The summed E-state index contributed by atoms with van der Waals surface area (Å²) in [5.74, 6) is -0.350. The number of hydrogen-bond acceptors (Lipinski definition) is 6. The maximum Gasteiger partial charge on any atom is 0.411 e. The Labute approximate surface area is 212 Å². The number of carbonyl (C=O) groups is 2. The lowest BCUT2D eigenvalue weighted by molar-refractivity contribution is -0.219. The molecule has 9 nitrogen and oxygen atoms in total. The van der Waals surface area contributed by atoms with Crippen molar-refractivity contribution in [3.05, 3.63) is 36.2 Å². The number of pyridine rings is 2. The second-order valence-electron chi connectivity index (χ2n) is 9.64. The molecule has 1 saturated carbocycles. The number of aromatic nitrogens is 2. The lowest BCUT2D eigenvalue weighted by Gasteiger charge is -2.39. The number of piperazine rings is 1. The molecular weight excluding hydrogens is 489 g/mol. The predicted octanol–water partition coefficient (Wildman–Crippen LogP) is 3.44. The fourth-order valence-electron chi connectivity index (χ4n) is 5.83. The van der Waals surface area contributed by atoms with E-state index in [0.717, 1.165) is 4.90 Å². The number of rotatable bonds is 6. The molecule has 0 spiro atoms. The Hall–Kier alpha value is -3.57. The van der Waals surface area contributed by atoms with Crippen LogP contribution >= 0.6 is 0 Å². The molecule has 0 radical (unpaired) electrons. The van der Waals surface area contributed by atoms with Crippen LogP contribution in [-0.2, 0) is 0 Å². The molecule has 2 aromatic rings. The first-order valence-electron chi connectivity index (χ1n) is 12.4. The van der Waals surface area contributed by atoms with Crippen LogP contribution < -0.4 is 15.4 Å². The summed E-state index contributed by atoms with van der Waals surface area (Å²) >= 11 is 0. The van der Waals surface area contributed by atoms with Crippen LogP contribution in [0, 0.1) is 0 Å². The fourth-order valence-corrected chi connectivity index (χ4v) is 5.83. The number of hydrogen-bond donors (Lipinski definition) is 1. The van der Waals surface area contributed by atoms with Crippen LogP contribution in [0.5, 0.6) is 5.88 Å². The first kappa shape index (κ1) is 25.1. The molecule has 0 bridgehead atoms. The smallest absolute Gasteiger partial charge is 0.411 e. The van der Waals surface area contributed by atoms with Gasteiger partial charge in [0.1, 0.15) is 5.54 Å². The number of nitrogens with zero attached hydrogens (tertiary/aromatic N) is 5. The van der Waals surface area contributed by atoms with Gasteiger partial charge < -0.3 is 25.2 Å². The molecule has 1 atom stereocenters. The van der Waals surface area contributed by atoms with Crippen molar-refractivity contribution in [2.75, 3.05) is 37.7 Å². The van der Waals surface area contributed by atoms with Gasteiger partial charge in [-0.05, 0) is 44.0 Å². The van der Waals surface area contributed by atoms with Gasteiger partial charge in [0, 0.05) is 32.4 Å². The number of fused-ring (bicyclic) bond motifs is 1. The van der Waals surface area contributed by atoms with Crippen molar-refractivity contribution >= 4 is 17.6 Å². The zero-order chi connectivity index (χ0) is 26.4. The minimum Gasteiger partial charge on any atom is -0.477 e. The van der Waals surface area contributed by atoms with Gasteiger partial charge in [0.15, 0.2) is 5.69 Å². The summed E-state index contributed by atoms with van der Waals surface area (Å²) in [5, 5.41) is 0. The van der Waals surface area contributed by atoms with E-state index in [1.54, 1.807) is 30.5 Å². The average molecular weight is 519 g/mol. The zero-order valence-electron chi connectivity index (χ0n) is 20.5. The number of primary amides is 1. The van der Waals surface area contributed by atoms with E-state index in [1.165, 1.54) is 4.90 Å². The first-order valence-corrected chi connectivity index (χ1v) is 12.4. The summed E-state index contributed by atoms with van der Waals surface area (Å²) < 4.78 is 48.1. The highest BCUT2D eigenvalue weighted by atomic mass is 19.4. The van der Waals surface area contributed by atoms with Gasteiger partial charge in [-0.25, -0.2) is 14.8 Å². The maximum absolute atomic E-state index is 14.2. The lowest BCUT2D eigenvalue weighted by Crippen LogP contribution is -2.58. The Morgan fingerprint density at radius 1 is 1.19 bits per heavy atom. The normalized spacial score (nSPS) is 21.4. The van der Waals surface area contributed by atoms with Gasteiger partial charge in [-0.3, -0.25) is 4.79 Å². The minimum absolute atomic E-state index is 0.0142.